The average Bonchev–Trinajstić information content (AvgIpc) is 3.27. The van der Waals surface area contributed by atoms with Gasteiger partial charge in [-0.15, -0.1) is 10.2 Å². The Bertz CT molecular complexity index is 837. The van der Waals surface area contributed by atoms with Gasteiger partial charge < -0.3 is 4.74 Å². The summed E-state index contributed by atoms with van der Waals surface area (Å²) >= 11 is 1.18. The molecule has 0 bridgehead atoms. The summed E-state index contributed by atoms with van der Waals surface area (Å²) in [6.45, 7) is 4.09. The van der Waals surface area contributed by atoms with Gasteiger partial charge in [0.1, 0.15) is 15.8 Å². The summed E-state index contributed by atoms with van der Waals surface area (Å²) in [6.07, 6.45) is 6.72. The smallest absolute Gasteiger partial charge is 0.392 e. The fourth-order valence-corrected chi connectivity index (χ4v) is 4.67. The minimum absolute atomic E-state index is 0.105. The van der Waals surface area contributed by atoms with E-state index in [1.165, 1.54) is 43.4 Å². The highest BCUT2D eigenvalue weighted by Crippen LogP contribution is 2.35. The molecule has 1 heterocycles. The number of carbonyl (C=O) groups excluding carboxylic acids is 1. The van der Waals surface area contributed by atoms with E-state index >= 15 is 0 Å². The molecule has 1 unspecified atom stereocenters. The summed E-state index contributed by atoms with van der Waals surface area (Å²) in [6, 6.07) is 6.87. The molecule has 0 spiro atoms. The summed E-state index contributed by atoms with van der Waals surface area (Å²) in [5.41, 5.74) is 0.740. The largest absolute Gasteiger partial charge is 0.427 e. The maximum absolute atomic E-state index is 13.3. The number of alkyl halides is 3. The van der Waals surface area contributed by atoms with Gasteiger partial charge in [0, 0.05) is 18.4 Å². The number of unbranched alkanes of at least 4 members (excludes halogenated alkanes) is 8. The third-order valence-electron chi connectivity index (χ3n) is 5.82. The Kier molecular flexibility index (Phi) is 12.6. The van der Waals surface area contributed by atoms with Crippen LogP contribution in [0.1, 0.15) is 95.9 Å². The van der Waals surface area contributed by atoms with E-state index in [2.05, 4.69) is 17.1 Å². The van der Waals surface area contributed by atoms with Crippen LogP contribution in [0.3, 0.4) is 0 Å². The molecule has 0 aliphatic heterocycles. The Hall–Kier alpha value is -1.96. The van der Waals surface area contributed by atoms with Crippen LogP contribution in [0.5, 0.6) is 5.75 Å². The summed E-state index contributed by atoms with van der Waals surface area (Å²) in [7, 11) is 0. The van der Waals surface area contributed by atoms with E-state index in [4.69, 9.17) is 4.74 Å². The lowest BCUT2D eigenvalue weighted by Crippen LogP contribution is -2.25. The molecule has 8 heteroatoms. The van der Waals surface area contributed by atoms with Crippen LogP contribution in [0, 0.1) is 5.92 Å². The molecule has 34 heavy (non-hydrogen) atoms. The van der Waals surface area contributed by atoms with Gasteiger partial charge in [0.05, 0.1) is 5.92 Å². The summed E-state index contributed by atoms with van der Waals surface area (Å²) in [5.74, 6) is -1.19. The fourth-order valence-electron chi connectivity index (χ4n) is 3.75. The van der Waals surface area contributed by atoms with Crippen LogP contribution >= 0.6 is 11.3 Å². The third-order valence-corrected chi connectivity index (χ3v) is 6.82. The second-order valence-corrected chi connectivity index (χ2v) is 9.87. The van der Waals surface area contributed by atoms with Gasteiger partial charge in [0.2, 0.25) is 0 Å². The number of carbonyl (C=O) groups is 1. The number of rotatable bonds is 16. The van der Waals surface area contributed by atoms with E-state index in [0.717, 1.165) is 31.2 Å². The molecule has 0 N–H and O–H groups in total. The molecule has 0 saturated carbocycles. The van der Waals surface area contributed by atoms with Crippen molar-refractivity contribution in [2.45, 2.75) is 103 Å². The van der Waals surface area contributed by atoms with Crippen molar-refractivity contribution in [2.75, 3.05) is 0 Å². The Morgan fingerprint density at radius 2 is 1.53 bits per heavy atom. The predicted octanol–water partition coefficient (Wildman–Crippen LogP) is 8.55. The van der Waals surface area contributed by atoms with E-state index in [-0.39, 0.29) is 18.8 Å². The van der Waals surface area contributed by atoms with Gasteiger partial charge in [-0.3, -0.25) is 4.79 Å². The highest BCUT2D eigenvalue weighted by molar-refractivity contribution is 7.14. The molecule has 1 atom stereocenters. The molecule has 0 saturated heterocycles. The SMILES string of the molecule is CCCCCCCCCCC(=O)Oc1ccc(-c2nnc(CC(CCCC)C(F)(F)F)s2)cc1. The lowest BCUT2D eigenvalue weighted by Gasteiger charge is -2.18. The predicted molar refractivity (Wildman–Crippen MR) is 131 cm³/mol. The Morgan fingerprint density at radius 1 is 0.912 bits per heavy atom. The lowest BCUT2D eigenvalue weighted by molar-refractivity contribution is -0.176. The quantitative estimate of drug-likeness (QED) is 0.132. The summed E-state index contributed by atoms with van der Waals surface area (Å²) in [5, 5.41) is 8.99. The minimum atomic E-state index is -4.23. The van der Waals surface area contributed by atoms with E-state index in [1.807, 2.05) is 6.92 Å². The Balaban J connectivity index is 1.79. The number of hydrogen-bond donors (Lipinski definition) is 0. The van der Waals surface area contributed by atoms with Gasteiger partial charge in [-0.1, -0.05) is 83.0 Å². The molecule has 1 aromatic carbocycles. The van der Waals surface area contributed by atoms with Gasteiger partial charge in [0.15, 0.2) is 0 Å². The zero-order valence-corrected chi connectivity index (χ0v) is 21.1. The summed E-state index contributed by atoms with van der Waals surface area (Å²) < 4.78 is 45.3. The van der Waals surface area contributed by atoms with Gasteiger partial charge >= 0.3 is 12.1 Å². The van der Waals surface area contributed by atoms with Gasteiger partial charge in [-0.05, 0) is 37.1 Å². The molecule has 0 fully saturated rings. The first-order valence-electron chi connectivity index (χ1n) is 12.5. The molecule has 2 aromatic rings. The first-order valence-corrected chi connectivity index (χ1v) is 13.3. The van der Waals surface area contributed by atoms with Crippen molar-refractivity contribution in [1.29, 1.82) is 0 Å². The van der Waals surface area contributed by atoms with Crippen molar-refractivity contribution >= 4 is 17.3 Å². The van der Waals surface area contributed by atoms with Crippen molar-refractivity contribution in [2.24, 2.45) is 5.92 Å². The molecule has 1 aromatic heterocycles. The number of ether oxygens (including phenoxy) is 1. The normalized spacial score (nSPS) is 12.6. The van der Waals surface area contributed by atoms with Gasteiger partial charge in [-0.25, -0.2) is 0 Å². The maximum Gasteiger partial charge on any atom is 0.392 e. The highest BCUT2D eigenvalue weighted by atomic mass is 32.1. The molecule has 0 aliphatic carbocycles. The number of hydrogen-bond acceptors (Lipinski definition) is 5. The third kappa shape index (κ3) is 10.5. The first-order chi connectivity index (χ1) is 16.3. The van der Waals surface area contributed by atoms with Crippen molar-refractivity contribution in [1.82, 2.24) is 10.2 Å². The second-order valence-electron chi connectivity index (χ2n) is 8.81. The number of nitrogens with zero attached hydrogens (tertiary/aromatic N) is 2. The molecule has 2 rings (SSSR count). The zero-order valence-electron chi connectivity index (χ0n) is 20.3. The minimum Gasteiger partial charge on any atom is -0.427 e. The number of benzene rings is 1. The van der Waals surface area contributed by atoms with E-state index in [9.17, 15) is 18.0 Å². The van der Waals surface area contributed by atoms with Crippen LogP contribution in [0.2, 0.25) is 0 Å². The molecule has 190 valence electrons. The van der Waals surface area contributed by atoms with E-state index in [0.29, 0.717) is 28.6 Å². The maximum atomic E-state index is 13.3. The first kappa shape index (κ1) is 28.3. The number of esters is 1. The highest BCUT2D eigenvalue weighted by Gasteiger charge is 2.39. The van der Waals surface area contributed by atoms with Crippen LogP contribution in [0.25, 0.3) is 10.6 Å². The molecule has 0 amide bonds. The number of halogens is 3. The van der Waals surface area contributed by atoms with Crippen LogP contribution in [-0.4, -0.2) is 22.3 Å². The van der Waals surface area contributed by atoms with Crippen LogP contribution in [0.4, 0.5) is 13.2 Å². The van der Waals surface area contributed by atoms with Crippen molar-refractivity contribution in [3.63, 3.8) is 0 Å². The topological polar surface area (TPSA) is 52.1 Å². The summed E-state index contributed by atoms with van der Waals surface area (Å²) in [4.78, 5) is 12.1. The van der Waals surface area contributed by atoms with Crippen LogP contribution < -0.4 is 4.74 Å². The lowest BCUT2D eigenvalue weighted by atomic mass is 9.98. The fraction of sp³-hybridized carbons (Fsp3) is 0.654. The monoisotopic (exact) mass is 498 g/mol. The molecule has 0 radical (unpaired) electrons. The standard InChI is InChI=1S/C26H37F3N2O2S/c1-3-5-7-8-9-10-11-12-14-24(32)33-22-17-15-20(16-18-22)25-31-30-23(34-25)19-21(13-6-4-2)26(27,28)29/h15-18,21H,3-14,19H2,1-2H3. The zero-order chi connectivity index (χ0) is 24.8. The van der Waals surface area contributed by atoms with Gasteiger partial charge in [0.25, 0.3) is 0 Å². The molecule has 0 aliphatic rings. The second kappa shape index (κ2) is 15.1. The number of aromatic nitrogens is 2. The van der Waals surface area contributed by atoms with E-state index < -0.39 is 12.1 Å². The van der Waals surface area contributed by atoms with Crippen LogP contribution in [0.15, 0.2) is 24.3 Å². The molecule has 4 nitrogen and oxygen atoms in total. The Labute approximate surface area is 205 Å². The van der Waals surface area contributed by atoms with Crippen LogP contribution in [-0.2, 0) is 11.2 Å². The van der Waals surface area contributed by atoms with Gasteiger partial charge in [-0.2, -0.15) is 13.2 Å². The van der Waals surface area contributed by atoms with E-state index in [1.54, 1.807) is 24.3 Å². The molecular formula is C26H37F3N2O2S. The Morgan fingerprint density at radius 3 is 2.15 bits per heavy atom. The van der Waals surface area contributed by atoms with Crippen molar-refractivity contribution < 1.29 is 22.7 Å². The van der Waals surface area contributed by atoms with Crippen molar-refractivity contribution in [3.8, 4) is 16.3 Å². The van der Waals surface area contributed by atoms with Crippen molar-refractivity contribution in [3.05, 3.63) is 29.3 Å². The average molecular weight is 499 g/mol. The molecular weight excluding hydrogens is 461 g/mol.